The quantitative estimate of drug-likeness (QED) is 0.133. The van der Waals surface area contributed by atoms with Gasteiger partial charge in [-0.1, -0.05) is 0 Å². The van der Waals surface area contributed by atoms with Crippen LogP contribution < -0.4 is 23.3 Å². The number of carbonyl (C=O) groups excluding carboxylic acids is 1. The largest absolute Gasteiger partial charge is 0.716 e. The fraction of sp³-hybridized carbons (Fsp3) is 0.250. The molecular weight excluding hydrogens is 478 g/mol. The van der Waals surface area contributed by atoms with E-state index in [4.69, 9.17) is 18.9 Å². The van der Waals surface area contributed by atoms with Crippen molar-refractivity contribution in [1.29, 1.82) is 0 Å². The van der Waals surface area contributed by atoms with Gasteiger partial charge in [0.2, 0.25) is 5.52 Å². The van der Waals surface area contributed by atoms with Gasteiger partial charge in [-0.15, -0.1) is 0 Å². The molecular formula is C24H25NO9S. The van der Waals surface area contributed by atoms with E-state index in [-0.39, 0.29) is 0 Å². The number of pyridine rings is 2. The summed E-state index contributed by atoms with van der Waals surface area (Å²) in [4.78, 5) is 9.66. The Morgan fingerprint density at radius 2 is 1.46 bits per heavy atom. The van der Waals surface area contributed by atoms with Gasteiger partial charge in [0.1, 0.15) is 0 Å². The Bertz CT molecular complexity index is 1530. The summed E-state index contributed by atoms with van der Waals surface area (Å²) in [5.74, 6) is 1.74. The Labute approximate surface area is 202 Å². The van der Waals surface area contributed by atoms with Gasteiger partial charge in [0, 0.05) is 31.4 Å². The van der Waals surface area contributed by atoms with Gasteiger partial charge in [-0.3, -0.25) is 4.79 Å². The van der Waals surface area contributed by atoms with Gasteiger partial charge < -0.3 is 27.7 Å². The normalized spacial score (nSPS) is 11.1. The lowest BCUT2D eigenvalue weighted by Gasteiger charge is -2.12. The summed E-state index contributed by atoms with van der Waals surface area (Å²) in [6.45, 7) is 2.93. The number of ether oxygens (including phenoxy) is 4. The predicted molar refractivity (Wildman–Crippen MR) is 127 cm³/mol. The van der Waals surface area contributed by atoms with Crippen LogP contribution in [0.15, 0.2) is 42.6 Å². The van der Waals surface area contributed by atoms with E-state index in [0.29, 0.717) is 17.2 Å². The van der Waals surface area contributed by atoms with Crippen molar-refractivity contribution in [2.24, 2.45) is 0 Å². The number of fused-ring (bicyclic) bond motifs is 4. The van der Waals surface area contributed by atoms with Crippen LogP contribution in [0.3, 0.4) is 0 Å². The molecule has 2 heterocycles. The highest BCUT2D eigenvalue weighted by molar-refractivity contribution is 7.81. The number of nitrogens with zero attached hydrogens (tertiary/aromatic N) is 1. The maximum atomic E-state index is 9.66. The molecule has 0 radical (unpaired) electrons. The average molecular weight is 504 g/mol. The van der Waals surface area contributed by atoms with Crippen molar-refractivity contribution in [3.05, 3.63) is 48.3 Å². The Hall–Kier alpha value is -3.83. The lowest BCUT2D eigenvalue weighted by atomic mass is 10.0. The number of carbonyl (C=O) groups is 1. The van der Waals surface area contributed by atoms with Crippen LogP contribution in [0.4, 0.5) is 0 Å². The van der Waals surface area contributed by atoms with Crippen LogP contribution in [0.5, 0.6) is 23.0 Å². The number of aromatic nitrogens is 1. The molecule has 0 atom stereocenters. The molecule has 2 aromatic heterocycles. The minimum absolute atomic E-state index is 0.702. The van der Waals surface area contributed by atoms with Crippen molar-refractivity contribution in [3.8, 4) is 23.0 Å². The van der Waals surface area contributed by atoms with Crippen molar-refractivity contribution in [2.75, 3.05) is 28.4 Å². The summed E-state index contributed by atoms with van der Waals surface area (Å²) >= 11 is 0. The molecule has 0 saturated heterocycles. The molecule has 0 spiro atoms. The number of methoxy groups -OCH3 is 4. The highest BCUT2D eigenvalue weighted by Gasteiger charge is 2.20. The Morgan fingerprint density at radius 3 is 1.97 bits per heavy atom. The van der Waals surface area contributed by atoms with E-state index in [1.165, 1.54) is 0 Å². The highest BCUT2D eigenvalue weighted by atomic mass is 32.3. The van der Waals surface area contributed by atoms with Gasteiger partial charge >= 0.3 is 5.97 Å². The number of hydrogen-bond donors (Lipinski definition) is 0. The molecule has 0 N–H and O–H groups in total. The van der Waals surface area contributed by atoms with Gasteiger partial charge in [-0.05, 0) is 29.7 Å². The maximum absolute atomic E-state index is 9.66. The van der Waals surface area contributed by atoms with E-state index in [1.807, 2.05) is 18.2 Å². The van der Waals surface area contributed by atoms with Crippen molar-refractivity contribution in [1.82, 2.24) is 0 Å². The molecule has 35 heavy (non-hydrogen) atoms. The van der Waals surface area contributed by atoms with Crippen molar-refractivity contribution < 1.29 is 45.3 Å². The van der Waals surface area contributed by atoms with E-state index in [1.54, 1.807) is 28.4 Å². The first-order valence-corrected chi connectivity index (χ1v) is 11.6. The van der Waals surface area contributed by atoms with E-state index < -0.39 is 16.4 Å². The minimum Gasteiger partial charge on any atom is -0.716 e. The monoisotopic (exact) mass is 503 g/mol. The second kappa shape index (κ2) is 10.2. The summed E-state index contributed by atoms with van der Waals surface area (Å²) in [6, 6.07) is 12.2. The smallest absolute Gasteiger partial charge is 0.318 e. The second-order valence-electron chi connectivity index (χ2n) is 7.34. The summed E-state index contributed by atoms with van der Waals surface area (Å²) in [5, 5.41) is 4.28. The zero-order chi connectivity index (χ0) is 25.9. The van der Waals surface area contributed by atoms with Crippen molar-refractivity contribution in [3.63, 3.8) is 0 Å². The molecule has 0 fully saturated rings. The van der Waals surface area contributed by atoms with Crippen LogP contribution in [0.1, 0.15) is 12.6 Å². The lowest BCUT2D eigenvalue weighted by Crippen LogP contribution is -2.25. The van der Waals surface area contributed by atoms with E-state index in [0.717, 1.165) is 45.4 Å². The average Bonchev–Trinajstić information content (AvgIpc) is 2.81. The highest BCUT2D eigenvalue weighted by Crippen LogP contribution is 2.38. The van der Waals surface area contributed by atoms with Crippen molar-refractivity contribution in [2.45, 2.75) is 13.8 Å². The third-order valence-corrected chi connectivity index (χ3v) is 5.77. The van der Waals surface area contributed by atoms with Crippen LogP contribution in [-0.4, -0.2) is 47.4 Å². The molecule has 10 nitrogen and oxygen atoms in total. The SMILES string of the molecule is CC(=O)OS(=O)(=O)[O-].COc1cc2cc[n+]3c(C)c4ccc(OC)c(OC)c4cc3c2cc1OC. The predicted octanol–water partition coefficient (Wildman–Crippen LogP) is 3.08. The molecule has 186 valence electrons. The Balaban J connectivity index is 0.000000371. The summed E-state index contributed by atoms with van der Waals surface area (Å²) < 4.78 is 55.8. The van der Waals surface area contributed by atoms with Crippen LogP contribution >= 0.6 is 0 Å². The number of rotatable bonds is 5. The molecule has 0 aliphatic heterocycles. The topological polar surface area (TPSA) is 125 Å². The Kier molecular flexibility index (Phi) is 7.51. The molecule has 4 aromatic rings. The van der Waals surface area contributed by atoms with Gasteiger partial charge in [0.25, 0.3) is 10.4 Å². The van der Waals surface area contributed by atoms with Crippen LogP contribution in [-0.2, 0) is 19.4 Å². The molecule has 11 heteroatoms. The van der Waals surface area contributed by atoms with Gasteiger partial charge in [-0.2, -0.15) is 4.40 Å². The van der Waals surface area contributed by atoms with Gasteiger partial charge in [0.05, 0.1) is 39.2 Å². The number of hydrogen-bond acceptors (Lipinski definition) is 9. The molecule has 0 unspecified atom stereocenters. The molecule has 0 bridgehead atoms. The second-order valence-corrected chi connectivity index (χ2v) is 8.32. The molecule has 0 amide bonds. The fourth-order valence-electron chi connectivity index (χ4n) is 3.88. The Morgan fingerprint density at radius 1 is 0.829 bits per heavy atom. The molecule has 0 aliphatic carbocycles. The van der Waals surface area contributed by atoms with Crippen LogP contribution in [0, 0.1) is 6.92 Å². The first kappa shape index (κ1) is 25.8. The maximum Gasteiger partial charge on any atom is 0.318 e. The van der Waals surface area contributed by atoms with Crippen LogP contribution in [0.25, 0.3) is 27.1 Å². The first-order chi connectivity index (χ1) is 16.5. The summed E-state index contributed by atoms with van der Waals surface area (Å²) in [6.07, 6.45) is 2.08. The molecule has 2 aromatic carbocycles. The van der Waals surface area contributed by atoms with Gasteiger partial charge in [0.15, 0.2) is 34.9 Å². The molecule has 0 aliphatic rings. The zero-order valence-corrected chi connectivity index (χ0v) is 20.9. The summed E-state index contributed by atoms with van der Waals surface area (Å²) in [5.41, 5.74) is 2.19. The number of benzene rings is 2. The fourth-order valence-corrected chi connectivity index (χ4v) is 4.17. The minimum atomic E-state index is -4.82. The van der Waals surface area contributed by atoms with E-state index in [9.17, 15) is 17.8 Å². The lowest BCUT2D eigenvalue weighted by molar-refractivity contribution is -0.516. The van der Waals surface area contributed by atoms with Gasteiger partial charge in [-0.25, -0.2) is 8.42 Å². The zero-order valence-electron chi connectivity index (χ0n) is 20.1. The van der Waals surface area contributed by atoms with Crippen LogP contribution in [0.2, 0.25) is 0 Å². The third-order valence-electron chi connectivity index (χ3n) is 5.33. The summed E-state index contributed by atoms with van der Waals surface area (Å²) in [7, 11) is 1.79. The molecule has 4 rings (SSSR count). The van der Waals surface area contributed by atoms with E-state index in [2.05, 4.69) is 39.9 Å². The third kappa shape index (κ3) is 5.31. The first-order valence-electron chi connectivity index (χ1n) is 10.2. The number of aryl methyl sites for hydroxylation is 1. The van der Waals surface area contributed by atoms with Crippen molar-refractivity contribution >= 4 is 43.4 Å². The standard InChI is InChI=1S/C22H22NO4.C2H4O5S/c1-13-15-6-7-19(24-2)22(27-5)17(15)11-18-16-12-21(26-4)20(25-3)10-14(16)8-9-23(13)18;1-2(3)7-8(4,5)6/h6-12H,1-5H3;1H3,(H,4,5,6)/q+1;/p-1. The van der Waals surface area contributed by atoms with E-state index >= 15 is 0 Å². The molecule has 0 saturated carbocycles.